The van der Waals surface area contributed by atoms with Crippen LogP contribution in [0.3, 0.4) is 0 Å². The molecule has 1 aromatic carbocycles. The Balaban J connectivity index is 3.10. The zero-order valence-corrected chi connectivity index (χ0v) is 21.2. The summed E-state index contributed by atoms with van der Waals surface area (Å²) in [4.78, 5) is 50.0. The number of rotatable bonds is 14. The zero-order chi connectivity index (χ0) is 26.7. The Morgan fingerprint density at radius 1 is 0.943 bits per heavy atom. The third-order valence-electron chi connectivity index (χ3n) is 5.27. The topological polar surface area (TPSA) is 191 Å². The number of hydrogen-bond donors (Lipinski definition) is 7. The molecular formula is C23H36N4O7S. The maximum absolute atomic E-state index is 13.1. The standard InChI is InChI=1S/C23H36N4O7S/c1-12(2)18(26-20(30)16(24)9-10-35-4)22(32)25-17(11-14-5-7-15(29)8-6-14)21(31)27-19(13(3)28)23(33)34/h5-8,12-13,16-19,28-29H,9-11,24H2,1-4H3,(H,25,32)(H,26,30)(H,27,31)(H,33,34). The van der Waals surface area contributed by atoms with Crippen LogP contribution in [-0.2, 0) is 25.6 Å². The quantitative estimate of drug-likeness (QED) is 0.174. The van der Waals surface area contributed by atoms with Crippen molar-refractivity contribution >= 4 is 35.5 Å². The lowest BCUT2D eigenvalue weighted by Gasteiger charge is -2.27. The number of carboxylic acids is 1. The molecule has 5 unspecified atom stereocenters. The van der Waals surface area contributed by atoms with E-state index in [-0.39, 0.29) is 18.1 Å². The molecule has 0 aliphatic carbocycles. The third kappa shape index (κ3) is 10.1. The van der Waals surface area contributed by atoms with Crippen LogP contribution >= 0.6 is 11.8 Å². The largest absolute Gasteiger partial charge is 0.508 e. The molecule has 11 nitrogen and oxygen atoms in total. The minimum atomic E-state index is -1.59. The van der Waals surface area contributed by atoms with Crippen molar-refractivity contribution in [3.05, 3.63) is 29.8 Å². The fourth-order valence-corrected chi connectivity index (χ4v) is 3.64. The SMILES string of the molecule is CSCCC(N)C(=O)NC(C(=O)NC(Cc1ccc(O)cc1)C(=O)NC(C(=O)O)C(C)O)C(C)C. The number of aliphatic hydroxyl groups excluding tert-OH is 1. The molecule has 0 aliphatic rings. The molecule has 0 heterocycles. The highest BCUT2D eigenvalue weighted by molar-refractivity contribution is 7.98. The molecule has 0 bridgehead atoms. The van der Waals surface area contributed by atoms with Crippen molar-refractivity contribution in [2.45, 2.75) is 63.9 Å². The number of carbonyl (C=O) groups is 4. The van der Waals surface area contributed by atoms with Crippen molar-refractivity contribution in [2.75, 3.05) is 12.0 Å². The Morgan fingerprint density at radius 2 is 1.51 bits per heavy atom. The van der Waals surface area contributed by atoms with E-state index in [1.54, 1.807) is 37.7 Å². The van der Waals surface area contributed by atoms with Gasteiger partial charge in [0, 0.05) is 6.42 Å². The number of aliphatic carboxylic acids is 1. The van der Waals surface area contributed by atoms with Gasteiger partial charge in [-0.2, -0.15) is 11.8 Å². The van der Waals surface area contributed by atoms with E-state index in [1.165, 1.54) is 19.1 Å². The molecule has 196 valence electrons. The van der Waals surface area contributed by atoms with Gasteiger partial charge in [-0.3, -0.25) is 14.4 Å². The maximum Gasteiger partial charge on any atom is 0.328 e. The lowest BCUT2D eigenvalue weighted by molar-refractivity contribution is -0.145. The van der Waals surface area contributed by atoms with E-state index in [0.717, 1.165) is 0 Å². The second-order valence-electron chi connectivity index (χ2n) is 8.62. The van der Waals surface area contributed by atoms with Gasteiger partial charge in [-0.1, -0.05) is 26.0 Å². The average Bonchev–Trinajstić information content (AvgIpc) is 2.79. The molecule has 0 fully saturated rings. The summed E-state index contributed by atoms with van der Waals surface area (Å²) in [6.07, 6.45) is 0.907. The molecule has 8 N–H and O–H groups in total. The summed E-state index contributed by atoms with van der Waals surface area (Å²) in [6, 6.07) is 1.33. The number of amides is 3. The highest BCUT2D eigenvalue weighted by atomic mass is 32.2. The first-order valence-corrected chi connectivity index (χ1v) is 12.6. The number of nitrogens with two attached hydrogens (primary N) is 1. The van der Waals surface area contributed by atoms with Crippen LogP contribution in [0.2, 0.25) is 0 Å². The minimum Gasteiger partial charge on any atom is -0.508 e. The van der Waals surface area contributed by atoms with Crippen molar-refractivity contribution in [1.29, 1.82) is 0 Å². The normalized spacial score (nSPS) is 15.4. The molecular weight excluding hydrogens is 476 g/mol. The van der Waals surface area contributed by atoms with E-state index in [1.807, 2.05) is 6.26 Å². The summed E-state index contributed by atoms with van der Waals surface area (Å²) in [5, 5.41) is 36.0. The number of carboxylic acid groups (broad SMARTS) is 1. The fourth-order valence-electron chi connectivity index (χ4n) is 3.15. The summed E-state index contributed by atoms with van der Waals surface area (Å²) in [5.41, 5.74) is 6.49. The summed E-state index contributed by atoms with van der Waals surface area (Å²) < 4.78 is 0. The van der Waals surface area contributed by atoms with Gasteiger partial charge >= 0.3 is 5.97 Å². The number of aliphatic hydroxyl groups is 1. The predicted molar refractivity (Wildman–Crippen MR) is 133 cm³/mol. The summed E-state index contributed by atoms with van der Waals surface area (Å²) in [5.74, 6) is -3.05. The number of nitrogens with one attached hydrogen (secondary N) is 3. The molecule has 0 spiro atoms. The monoisotopic (exact) mass is 512 g/mol. The van der Waals surface area contributed by atoms with Crippen LogP contribution < -0.4 is 21.7 Å². The molecule has 0 saturated heterocycles. The van der Waals surface area contributed by atoms with Crippen molar-refractivity contribution in [3.63, 3.8) is 0 Å². The number of thioether (sulfide) groups is 1. The van der Waals surface area contributed by atoms with Crippen LogP contribution in [0.4, 0.5) is 0 Å². The smallest absolute Gasteiger partial charge is 0.328 e. The molecule has 0 aliphatic heterocycles. The van der Waals surface area contributed by atoms with Crippen LogP contribution in [0.25, 0.3) is 0 Å². The number of phenols is 1. The van der Waals surface area contributed by atoms with Crippen LogP contribution in [0.15, 0.2) is 24.3 Å². The van der Waals surface area contributed by atoms with Gasteiger partial charge in [0.1, 0.15) is 17.8 Å². The van der Waals surface area contributed by atoms with Gasteiger partial charge in [0.05, 0.1) is 12.1 Å². The lowest BCUT2D eigenvalue weighted by atomic mass is 10.00. The number of benzene rings is 1. The highest BCUT2D eigenvalue weighted by Gasteiger charge is 2.33. The van der Waals surface area contributed by atoms with E-state index >= 15 is 0 Å². The van der Waals surface area contributed by atoms with Crippen molar-refractivity contribution in [3.8, 4) is 5.75 Å². The molecule has 1 rings (SSSR count). The molecule has 3 amide bonds. The number of hydrogen-bond acceptors (Lipinski definition) is 8. The van der Waals surface area contributed by atoms with Gasteiger partial charge in [-0.25, -0.2) is 4.79 Å². The second kappa shape index (κ2) is 14.5. The molecule has 5 atom stereocenters. The Hall–Kier alpha value is -2.83. The fraction of sp³-hybridized carbons (Fsp3) is 0.565. The first-order chi connectivity index (χ1) is 16.4. The first kappa shape index (κ1) is 30.2. The van der Waals surface area contributed by atoms with Gasteiger partial charge in [-0.05, 0) is 49.0 Å². The Morgan fingerprint density at radius 3 is 2.00 bits per heavy atom. The van der Waals surface area contributed by atoms with Gasteiger partial charge in [0.2, 0.25) is 17.7 Å². The van der Waals surface area contributed by atoms with E-state index in [9.17, 15) is 34.5 Å². The average molecular weight is 513 g/mol. The Kier molecular flexibility index (Phi) is 12.5. The van der Waals surface area contributed by atoms with E-state index in [4.69, 9.17) is 5.73 Å². The second-order valence-corrected chi connectivity index (χ2v) is 9.60. The van der Waals surface area contributed by atoms with E-state index < -0.39 is 54.0 Å². The Labute approximate surface area is 209 Å². The minimum absolute atomic E-state index is 0.0132. The summed E-state index contributed by atoms with van der Waals surface area (Å²) >= 11 is 1.54. The molecule has 12 heteroatoms. The zero-order valence-electron chi connectivity index (χ0n) is 20.4. The van der Waals surface area contributed by atoms with Gasteiger partial charge in [-0.15, -0.1) is 0 Å². The van der Waals surface area contributed by atoms with Gasteiger partial charge in [0.25, 0.3) is 0 Å². The van der Waals surface area contributed by atoms with Crippen LogP contribution in [0.1, 0.15) is 32.8 Å². The first-order valence-electron chi connectivity index (χ1n) is 11.2. The number of phenolic OH excluding ortho intramolecular Hbond substituents is 1. The van der Waals surface area contributed by atoms with Crippen LogP contribution in [0, 0.1) is 5.92 Å². The van der Waals surface area contributed by atoms with Crippen molar-refractivity contribution in [1.82, 2.24) is 16.0 Å². The van der Waals surface area contributed by atoms with E-state index in [0.29, 0.717) is 17.7 Å². The van der Waals surface area contributed by atoms with Crippen molar-refractivity contribution in [2.24, 2.45) is 11.7 Å². The van der Waals surface area contributed by atoms with Crippen LogP contribution in [0.5, 0.6) is 5.75 Å². The van der Waals surface area contributed by atoms with Gasteiger partial charge < -0.3 is 37.0 Å². The predicted octanol–water partition coefficient (Wildman–Crippen LogP) is -0.409. The van der Waals surface area contributed by atoms with Crippen LogP contribution in [-0.4, -0.2) is 81.3 Å². The third-order valence-corrected chi connectivity index (χ3v) is 5.92. The number of carbonyl (C=O) groups excluding carboxylic acids is 3. The highest BCUT2D eigenvalue weighted by Crippen LogP contribution is 2.13. The maximum atomic E-state index is 13.1. The number of aromatic hydroxyl groups is 1. The lowest BCUT2D eigenvalue weighted by Crippen LogP contribution is -2.59. The Bertz CT molecular complexity index is 864. The molecule has 0 saturated carbocycles. The van der Waals surface area contributed by atoms with Gasteiger partial charge in [0.15, 0.2) is 6.04 Å². The van der Waals surface area contributed by atoms with E-state index in [2.05, 4.69) is 16.0 Å². The molecule has 1 aromatic rings. The molecule has 0 aromatic heterocycles. The summed E-state index contributed by atoms with van der Waals surface area (Å²) in [6.45, 7) is 4.67. The summed E-state index contributed by atoms with van der Waals surface area (Å²) in [7, 11) is 0. The molecule has 35 heavy (non-hydrogen) atoms. The van der Waals surface area contributed by atoms with Crippen molar-refractivity contribution < 1.29 is 34.5 Å². The molecule has 0 radical (unpaired) electrons.